The molecule has 1 fully saturated rings. The number of aromatic carboxylic acids is 1. The van der Waals surface area contributed by atoms with Gasteiger partial charge in [0.1, 0.15) is 5.56 Å². The van der Waals surface area contributed by atoms with Crippen LogP contribution in [0, 0.1) is 11.6 Å². The van der Waals surface area contributed by atoms with Gasteiger partial charge in [-0.25, -0.2) is 13.6 Å². The molecule has 2 N–H and O–H groups in total. The van der Waals surface area contributed by atoms with Crippen LogP contribution in [0.3, 0.4) is 0 Å². The third-order valence-corrected chi connectivity index (χ3v) is 4.63. The Hall–Kier alpha value is -1.76. The number of nitrogens with one attached hydrogen (secondary N) is 1. The van der Waals surface area contributed by atoms with Crippen LogP contribution in [0.25, 0.3) is 10.9 Å². The van der Waals surface area contributed by atoms with Crippen molar-refractivity contribution in [2.75, 3.05) is 0 Å². The number of aromatic amines is 1. The smallest absolute Gasteiger partial charge is 0.341 e. The minimum Gasteiger partial charge on any atom is -0.477 e. The van der Waals surface area contributed by atoms with Crippen molar-refractivity contribution in [2.45, 2.75) is 17.2 Å². The lowest BCUT2D eigenvalue weighted by molar-refractivity contribution is 0.0695. The second-order valence-electron chi connectivity index (χ2n) is 4.77. The molecule has 0 radical (unpaired) electrons. The zero-order valence-corrected chi connectivity index (χ0v) is 11.6. The van der Waals surface area contributed by atoms with Crippen LogP contribution in [0.4, 0.5) is 8.78 Å². The molecule has 7 heteroatoms. The molecule has 104 valence electrons. The lowest BCUT2D eigenvalue weighted by atomic mass is 10.0. The summed E-state index contributed by atoms with van der Waals surface area (Å²) in [5.74, 6) is -3.60. The number of halogens is 3. The van der Waals surface area contributed by atoms with Crippen LogP contribution < -0.4 is 5.43 Å². The molecule has 1 aromatic carbocycles. The van der Waals surface area contributed by atoms with E-state index in [0.29, 0.717) is 12.8 Å². The molecule has 0 unspecified atom stereocenters. The van der Waals surface area contributed by atoms with Crippen LogP contribution in [-0.2, 0) is 4.32 Å². The predicted octanol–water partition coefficient (Wildman–Crippen LogP) is 2.89. The first-order valence-electron chi connectivity index (χ1n) is 5.81. The fourth-order valence-corrected chi connectivity index (χ4v) is 2.82. The first kappa shape index (κ1) is 13.2. The summed E-state index contributed by atoms with van der Waals surface area (Å²) in [4.78, 5) is 25.5. The minimum absolute atomic E-state index is 0.0431. The van der Waals surface area contributed by atoms with Gasteiger partial charge in [-0.3, -0.25) is 4.79 Å². The monoisotopic (exact) mass is 343 g/mol. The molecule has 0 amide bonds. The van der Waals surface area contributed by atoms with E-state index in [0.717, 1.165) is 12.3 Å². The summed E-state index contributed by atoms with van der Waals surface area (Å²) in [7, 11) is 0. The highest BCUT2D eigenvalue weighted by atomic mass is 79.9. The molecular weight excluding hydrogens is 336 g/mol. The summed E-state index contributed by atoms with van der Waals surface area (Å²) in [6, 6.07) is 0.734. The second-order valence-corrected chi connectivity index (χ2v) is 6.29. The van der Waals surface area contributed by atoms with Gasteiger partial charge in [0.25, 0.3) is 0 Å². The average Bonchev–Trinajstić information content (AvgIpc) is 3.10. The van der Waals surface area contributed by atoms with Crippen molar-refractivity contribution in [1.29, 1.82) is 0 Å². The summed E-state index contributed by atoms with van der Waals surface area (Å²) < 4.78 is 27.0. The van der Waals surface area contributed by atoms with E-state index in [4.69, 9.17) is 5.11 Å². The van der Waals surface area contributed by atoms with Crippen molar-refractivity contribution in [2.24, 2.45) is 0 Å². The van der Waals surface area contributed by atoms with Gasteiger partial charge in [0.2, 0.25) is 5.43 Å². The Morgan fingerprint density at radius 1 is 1.40 bits per heavy atom. The van der Waals surface area contributed by atoms with Gasteiger partial charge in [0, 0.05) is 17.1 Å². The molecule has 1 saturated carbocycles. The van der Waals surface area contributed by atoms with E-state index in [-0.39, 0.29) is 16.5 Å². The quantitative estimate of drug-likeness (QED) is 0.823. The highest BCUT2D eigenvalue weighted by Gasteiger charge is 2.46. The molecule has 1 heterocycles. The maximum atomic E-state index is 14.0. The number of carbonyl (C=O) groups is 1. The molecule has 1 aromatic heterocycles. The van der Waals surface area contributed by atoms with E-state index >= 15 is 0 Å². The highest BCUT2D eigenvalue weighted by Crippen LogP contribution is 2.56. The third kappa shape index (κ3) is 1.76. The Kier molecular flexibility index (Phi) is 2.72. The Balaban J connectivity index is 2.46. The van der Waals surface area contributed by atoms with E-state index in [1.165, 1.54) is 0 Å². The molecule has 0 aliphatic heterocycles. The molecule has 1 aliphatic rings. The molecular formula is C13H8BrF2NO3. The van der Waals surface area contributed by atoms with Crippen LogP contribution in [0.5, 0.6) is 0 Å². The van der Waals surface area contributed by atoms with E-state index in [2.05, 4.69) is 20.9 Å². The van der Waals surface area contributed by atoms with Crippen molar-refractivity contribution in [3.8, 4) is 0 Å². The number of carboxylic acid groups (broad SMARTS) is 1. The van der Waals surface area contributed by atoms with Gasteiger partial charge in [0.15, 0.2) is 11.6 Å². The number of hydrogen-bond acceptors (Lipinski definition) is 2. The molecule has 2 aromatic rings. The largest absolute Gasteiger partial charge is 0.477 e. The zero-order chi connectivity index (χ0) is 14.7. The first-order chi connectivity index (χ1) is 9.35. The Morgan fingerprint density at radius 2 is 2.05 bits per heavy atom. The Labute approximate surface area is 119 Å². The number of H-pyrrole nitrogens is 1. The molecule has 0 spiro atoms. The van der Waals surface area contributed by atoms with Gasteiger partial charge in [-0.2, -0.15) is 0 Å². The van der Waals surface area contributed by atoms with Gasteiger partial charge in [0.05, 0.1) is 9.84 Å². The molecule has 4 nitrogen and oxygen atoms in total. The van der Waals surface area contributed by atoms with E-state index < -0.39 is 32.9 Å². The maximum absolute atomic E-state index is 14.0. The molecule has 1 aliphatic carbocycles. The zero-order valence-electron chi connectivity index (χ0n) is 9.97. The topological polar surface area (TPSA) is 70.2 Å². The first-order valence-corrected chi connectivity index (χ1v) is 6.60. The predicted molar refractivity (Wildman–Crippen MR) is 71.3 cm³/mol. The standard InChI is InChI=1S/C13H8BrF2NO3/c14-13(1-2-13)8-9(16)7(15)3-5-10(8)17-4-6(11(5)18)12(19)20/h3-4H,1-2H2,(H,17,18)(H,19,20). The molecule has 0 atom stereocenters. The van der Waals surface area contributed by atoms with Gasteiger partial charge >= 0.3 is 5.97 Å². The summed E-state index contributed by atoms with van der Waals surface area (Å²) in [5.41, 5.74) is -1.16. The Morgan fingerprint density at radius 3 is 2.60 bits per heavy atom. The number of alkyl halides is 1. The third-order valence-electron chi connectivity index (χ3n) is 3.44. The molecule has 3 rings (SSSR count). The number of carboxylic acids is 1. The maximum Gasteiger partial charge on any atom is 0.341 e. The normalized spacial score (nSPS) is 16.4. The molecule has 0 bridgehead atoms. The fraction of sp³-hybridized carbons (Fsp3) is 0.231. The second kappa shape index (κ2) is 4.12. The van der Waals surface area contributed by atoms with E-state index in [1.54, 1.807) is 0 Å². The fourth-order valence-electron chi connectivity index (χ4n) is 2.25. The van der Waals surface area contributed by atoms with Crippen molar-refractivity contribution in [1.82, 2.24) is 4.98 Å². The van der Waals surface area contributed by atoms with Gasteiger partial charge in [-0.1, -0.05) is 15.9 Å². The lowest BCUT2D eigenvalue weighted by Crippen LogP contribution is -2.17. The Bertz CT molecular complexity index is 811. The minimum atomic E-state index is -1.42. The van der Waals surface area contributed by atoms with Gasteiger partial charge in [-0.15, -0.1) is 0 Å². The lowest BCUT2D eigenvalue weighted by Gasteiger charge is -2.13. The highest BCUT2D eigenvalue weighted by molar-refractivity contribution is 9.09. The van der Waals surface area contributed by atoms with E-state index in [9.17, 15) is 18.4 Å². The number of fused-ring (bicyclic) bond motifs is 1. The van der Waals surface area contributed by atoms with Crippen LogP contribution >= 0.6 is 15.9 Å². The number of aromatic nitrogens is 1. The summed E-state index contributed by atoms with van der Waals surface area (Å²) in [6.07, 6.45) is 2.24. The van der Waals surface area contributed by atoms with Gasteiger partial charge < -0.3 is 10.1 Å². The van der Waals surface area contributed by atoms with E-state index in [1.807, 2.05) is 0 Å². The summed E-state index contributed by atoms with van der Waals surface area (Å²) in [6.45, 7) is 0. The summed E-state index contributed by atoms with van der Waals surface area (Å²) >= 11 is 3.33. The molecule has 20 heavy (non-hydrogen) atoms. The number of rotatable bonds is 2. The average molecular weight is 344 g/mol. The number of hydrogen-bond donors (Lipinski definition) is 2. The van der Waals surface area contributed by atoms with Crippen molar-refractivity contribution in [3.05, 3.63) is 45.2 Å². The van der Waals surface area contributed by atoms with Gasteiger partial charge in [-0.05, 0) is 18.9 Å². The van der Waals surface area contributed by atoms with Crippen molar-refractivity contribution >= 4 is 32.8 Å². The molecule has 0 saturated heterocycles. The van der Waals surface area contributed by atoms with Crippen molar-refractivity contribution < 1.29 is 18.7 Å². The summed E-state index contributed by atoms with van der Waals surface area (Å²) in [5, 5.41) is 8.73. The van der Waals surface area contributed by atoms with Crippen LogP contribution in [0.2, 0.25) is 0 Å². The number of pyridine rings is 1. The van der Waals surface area contributed by atoms with Crippen LogP contribution in [-0.4, -0.2) is 16.1 Å². The number of benzene rings is 1. The SMILES string of the molecule is O=C(O)c1c[nH]c2c(C3(Br)CC3)c(F)c(F)cc2c1=O. The van der Waals surface area contributed by atoms with Crippen LogP contribution in [0.1, 0.15) is 28.8 Å². The van der Waals surface area contributed by atoms with Crippen molar-refractivity contribution in [3.63, 3.8) is 0 Å². The van der Waals surface area contributed by atoms with Crippen LogP contribution in [0.15, 0.2) is 17.1 Å².